The Morgan fingerprint density at radius 1 is 1.37 bits per heavy atom. The van der Waals surface area contributed by atoms with Gasteiger partial charge in [0.2, 0.25) is 11.6 Å². The maximum atomic E-state index is 12.4. The molecule has 0 saturated heterocycles. The first kappa shape index (κ1) is 17.8. The fraction of sp³-hybridized carbons (Fsp3) is 0.200. The molecule has 12 nitrogen and oxygen atoms in total. The van der Waals surface area contributed by atoms with E-state index in [1.165, 1.54) is 23.0 Å². The van der Waals surface area contributed by atoms with Gasteiger partial charge in [0.1, 0.15) is 11.5 Å². The number of carbonyl (C=O) groups excluding carboxylic acids is 1. The second-order valence-electron chi connectivity index (χ2n) is 5.81. The third-order valence-electron chi connectivity index (χ3n) is 3.55. The number of aromatic hydroxyl groups is 2. The van der Waals surface area contributed by atoms with Crippen LogP contribution in [0.4, 0.5) is 5.82 Å². The number of amides is 1. The average molecular weight is 372 g/mol. The van der Waals surface area contributed by atoms with E-state index in [2.05, 4.69) is 35.8 Å². The number of carbonyl (C=O) groups is 1. The third-order valence-corrected chi connectivity index (χ3v) is 3.55. The molecule has 2 heterocycles. The Bertz CT molecular complexity index is 1010. The van der Waals surface area contributed by atoms with Crippen LogP contribution in [0.2, 0.25) is 0 Å². The van der Waals surface area contributed by atoms with Crippen molar-refractivity contribution in [3.8, 4) is 17.3 Å². The van der Waals surface area contributed by atoms with Gasteiger partial charge in [0.15, 0.2) is 5.69 Å². The van der Waals surface area contributed by atoms with Crippen LogP contribution < -0.4 is 11.2 Å². The summed E-state index contributed by atoms with van der Waals surface area (Å²) in [7, 11) is 0. The molecule has 0 aliphatic rings. The summed E-state index contributed by atoms with van der Waals surface area (Å²) in [5.74, 6) is -0.905. The first-order valence-corrected chi connectivity index (χ1v) is 7.78. The van der Waals surface area contributed by atoms with Crippen LogP contribution in [0.15, 0.2) is 27.9 Å². The predicted octanol–water partition coefficient (Wildman–Crippen LogP) is 0.531. The van der Waals surface area contributed by atoms with E-state index in [0.29, 0.717) is 11.3 Å². The number of nitrogen functional groups attached to an aromatic ring is 1. The molecule has 0 unspecified atom stereocenters. The van der Waals surface area contributed by atoms with E-state index in [-0.39, 0.29) is 34.7 Å². The minimum atomic E-state index is -0.616. The number of anilines is 1. The molecule has 0 saturated carbocycles. The molecule has 3 aromatic rings. The monoisotopic (exact) mass is 372 g/mol. The van der Waals surface area contributed by atoms with Crippen LogP contribution in [0.1, 0.15) is 41.5 Å². The van der Waals surface area contributed by atoms with E-state index in [0.717, 1.165) is 6.07 Å². The van der Waals surface area contributed by atoms with E-state index in [9.17, 15) is 15.0 Å². The van der Waals surface area contributed by atoms with E-state index in [1.54, 1.807) is 0 Å². The lowest BCUT2D eigenvalue weighted by Crippen LogP contribution is -2.21. The fourth-order valence-corrected chi connectivity index (χ4v) is 2.32. The molecule has 27 heavy (non-hydrogen) atoms. The smallest absolute Gasteiger partial charge is 0.293 e. The zero-order chi connectivity index (χ0) is 19.6. The van der Waals surface area contributed by atoms with Crippen LogP contribution in [0.5, 0.6) is 11.5 Å². The number of rotatable bonds is 5. The number of hydrogen-bond acceptors (Lipinski definition) is 10. The normalized spacial score (nSPS) is 11.4. The number of hydrogen-bond donors (Lipinski definition) is 4. The van der Waals surface area contributed by atoms with Crippen LogP contribution in [-0.4, -0.2) is 47.6 Å². The summed E-state index contributed by atoms with van der Waals surface area (Å²) in [5, 5.41) is 37.7. The second-order valence-corrected chi connectivity index (χ2v) is 5.81. The first-order valence-electron chi connectivity index (χ1n) is 7.78. The van der Waals surface area contributed by atoms with Crippen molar-refractivity contribution >= 4 is 17.9 Å². The van der Waals surface area contributed by atoms with Gasteiger partial charge in [-0.1, -0.05) is 19.1 Å². The van der Waals surface area contributed by atoms with Crippen molar-refractivity contribution < 1.29 is 19.6 Å². The molecule has 0 aliphatic heterocycles. The molecule has 0 radical (unpaired) electrons. The Kier molecular flexibility index (Phi) is 4.70. The van der Waals surface area contributed by atoms with E-state index < -0.39 is 5.91 Å². The number of phenols is 2. The second kappa shape index (κ2) is 7.11. The van der Waals surface area contributed by atoms with Gasteiger partial charge in [-0.15, -0.1) is 5.10 Å². The predicted molar refractivity (Wildman–Crippen MR) is 92.5 cm³/mol. The number of phenolic OH excluding ortho intramolecular Hbond substituents is 2. The molecule has 0 bridgehead atoms. The average Bonchev–Trinajstić information content (AvgIpc) is 3.22. The summed E-state index contributed by atoms with van der Waals surface area (Å²) in [5.41, 5.74) is 8.76. The molecule has 5 N–H and O–H groups in total. The fourth-order valence-electron chi connectivity index (χ4n) is 2.32. The Morgan fingerprint density at radius 2 is 2.15 bits per heavy atom. The van der Waals surface area contributed by atoms with Crippen molar-refractivity contribution in [1.82, 2.24) is 30.7 Å². The van der Waals surface area contributed by atoms with Gasteiger partial charge in [-0.3, -0.25) is 4.79 Å². The van der Waals surface area contributed by atoms with E-state index >= 15 is 0 Å². The quantitative estimate of drug-likeness (QED) is 0.367. The van der Waals surface area contributed by atoms with Crippen LogP contribution in [0.25, 0.3) is 5.82 Å². The van der Waals surface area contributed by atoms with Gasteiger partial charge >= 0.3 is 0 Å². The lowest BCUT2D eigenvalue weighted by atomic mass is 10.1. The summed E-state index contributed by atoms with van der Waals surface area (Å²) in [6.07, 6.45) is 1.23. The number of aromatic nitrogens is 5. The summed E-state index contributed by atoms with van der Waals surface area (Å²) in [4.78, 5) is 12.4. The molecule has 3 rings (SSSR count). The van der Waals surface area contributed by atoms with Crippen LogP contribution in [0.3, 0.4) is 0 Å². The topological polar surface area (TPSA) is 178 Å². The summed E-state index contributed by atoms with van der Waals surface area (Å²) >= 11 is 0. The zero-order valence-electron chi connectivity index (χ0n) is 14.4. The van der Waals surface area contributed by atoms with Gasteiger partial charge in [-0.2, -0.15) is 9.78 Å². The summed E-state index contributed by atoms with van der Waals surface area (Å²) in [6, 6.07) is 3.97. The summed E-state index contributed by atoms with van der Waals surface area (Å²) < 4.78 is 5.84. The highest BCUT2D eigenvalue weighted by atomic mass is 16.6. The van der Waals surface area contributed by atoms with Crippen LogP contribution >= 0.6 is 0 Å². The number of nitrogens with two attached hydrogens (primary N) is 1. The van der Waals surface area contributed by atoms with Crippen molar-refractivity contribution in [2.75, 3.05) is 5.73 Å². The number of hydrazone groups is 1. The molecule has 0 spiro atoms. The molecule has 1 aromatic carbocycles. The molecule has 140 valence electrons. The highest BCUT2D eigenvalue weighted by Gasteiger charge is 2.25. The Morgan fingerprint density at radius 3 is 2.78 bits per heavy atom. The number of nitrogens with zero attached hydrogens (tertiary/aromatic N) is 6. The Hall–Kier alpha value is -3.96. The maximum Gasteiger partial charge on any atom is 0.293 e. The summed E-state index contributed by atoms with van der Waals surface area (Å²) in [6.45, 7) is 3.68. The maximum absolute atomic E-state index is 12.4. The van der Waals surface area contributed by atoms with Crippen molar-refractivity contribution in [2.45, 2.75) is 19.8 Å². The van der Waals surface area contributed by atoms with Crippen LogP contribution in [0, 0.1) is 0 Å². The largest absolute Gasteiger partial charge is 0.508 e. The van der Waals surface area contributed by atoms with Crippen molar-refractivity contribution in [2.24, 2.45) is 5.10 Å². The SMILES string of the molecule is CC(C)c1c(C(=O)N/N=C\c2ccc(O)cc2O)nnn1-c1nonc1N. The molecular weight excluding hydrogens is 356 g/mol. The lowest BCUT2D eigenvalue weighted by Gasteiger charge is -2.08. The minimum absolute atomic E-state index is 0.00887. The molecule has 0 aliphatic carbocycles. The molecule has 0 atom stereocenters. The molecule has 2 aromatic heterocycles. The van der Waals surface area contributed by atoms with Gasteiger partial charge < -0.3 is 15.9 Å². The van der Waals surface area contributed by atoms with Crippen molar-refractivity contribution in [3.05, 3.63) is 35.2 Å². The Balaban J connectivity index is 1.84. The molecular formula is C15H16N8O4. The van der Waals surface area contributed by atoms with Gasteiger partial charge in [-0.05, 0) is 28.4 Å². The lowest BCUT2D eigenvalue weighted by molar-refractivity contribution is 0.0948. The van der Waals surface area contributed by atoms with E-state index in [4.69, 9.17) is 5.73 Å². The third kappa shape index (κ3) is 3.53. The minimum Gasteiger partial charge on any atom is -0.508 e. The van der Waals surface area contributed by atoms with Crippen molar-refractivity contribution in [3.63, 3.8) is 0 Å². The van der Waals surface area contributed by atoms with E-state index in [1.807, 2.05) is 13.8 Å². The standard InChI is InChI=1S/C15H16N8O4/c1-7(2)12-11(18-22-23(12)14-13(16)20-27-21-14)15(26)19-17-6-8-3-4-9(24)5-10(8)25/h3-7,24-25H,1-2H3,(H2,16,20)(H,19,26)/b17-6-. The van der Waals surface area contributed by atoms with Gasteiger partial charge in [0.05, 0.1) is 11.9 Å². The highest BCUT2D eigenvalue weighted by Crippen LogP contribution is 2.23. The zero-order valence-corrected chi connectivity index (χ0v) is 14.4. The molecule has 12 heteroatoms. The number of benzene rings is 1. The molecule has 0 fully saturated rings. The van der Waals surface area contributed by atoms with Gasteiger partial charge in [0.25, 0.3) is 5.91 Å². The highest BCUT2D eigenvalue weighted by molar-refractivity contribution is 5.94. The van der Waals surface area contributed by atoms with Crippen LogP contribution in [-0.2, 0) is 0 Å². The Labute approximate surface area is 152 Å². The first-order chi connectivity index (χ1) is 12.9. The van der Waals surface area contributed by atoms with Gasteiger partial charge in [0, 0.05) is 11.6 Å². The molecule has 1 amide bonds. The number of nitrogens with one attached hydrogen (secondary N) is 1. The van der Waals surface area contributed by atoms with Gasteiger partial charge in [-0.25, -0.2) is 10.1 Å². The van der Waals surface area contributed by atoms with Crippen molar-refractivity contribution in [1.29, 1.82) is 0 Å².